The molecule has 0 fully saturated rings. The first-order valence-corrected chi connectivity index (χ1v) is 7.74. The molecular weight excluding hydrogens is 284 g/mol. The van der Waals surface area contributed by atoms with Crippen LogP contribution < -0.4 is 10.3 Å². The number of hydrazone groups is 1. The number of nitrogens with one attached hydrogen (secondary N) is 1. The summed E-state index contributed by atoms with van der Waals surface area (Å²) >= 11 is 1.58. The third kappa shape index (κ3) is 4.60. The molecule has 0 aromatic heterocycles. The summed E-state index contributed by atoms with van der Waals surface area (Å²) in [6.07, 6.45) is 0.472. The molecular formula is C15H20N4OS. The normalized spacial score (nSPS) is 17.1. The first-order valence-electron chi connectivity index (χ1n) is 6.86. The summed E-state index contributed by atoms with van der Waals surface area (Å²) < 4.78 is 0. The zero-order valence-corrected chi connectivity index (χ0v) is 13.4. The number of para-hydroxylation sites is 1. The molecule has 1 atom stereocenters. The van der Waals surface area contributed by atoms with Gasteiger partial charge in [-0.15, -0.1) is 0 Å². The van der Waals surface area contributed by atoms with E-state index in [-0.39, 0.29) is 11.2 Å². The number of hydrogen-bond acceptors (Lipinski definition) is 5. The van der Waals surface area contributed by atoms with Gasteiger partial charge < -0.3 is 4.90 Å². The lowest BCUT2D eigenvalue weighted by Crippen LogP contribution is -2.29. The van der Waals surface area contributed by atoms with E-state index < -0.39 is 0 Å². The minimum atomic E-state index is 0.102. The molecule has 1 amide bonds. The number of thioether (sulfide) groups is 1. The van der Waals surface area contributed by atoms with Gasteiger partial charge in [0.1, 0.15) is 0 Å². The van der Waals surface area contributed by atoms with Crippen molar-refractivity contribution in [2.45, 2.75) is 25.5 Å². The van der Waals surface area contributed by atoms with Crippen LogP contribution in [0.4, 0.5) is 5.69 Å². The molecule has 1 unspecified atom stereocenters. The molecule has 21 heavy (non-hydrogen) atoms. The van der Waals surface area contributed by atoms with Crippen molar-refractivity contribution in [1.29, 1.82) is 0 Å². The summed E-state index contributed by atoms with van der Waals surface area (Å²) in [5.41, 5.74) is 4.78. The number of carbonyl (C=O) groups excluding carboxylic acids is 1. The number of rotatable bonds is 4. The lowest BCUT2D eigenvalue weighted by Gasteiger charge is -2.18. The van der Waals surface area contributed by atoms with E-state index in [1.807, 2.05) is 51.2 Å². The van der Waals surface area contributed by atoms with Crippen molar-refractivity contribution >= 4 is 34.2 Å². The van der Waals surface area contributed by atoms with Gasteiger partial charge in [-0.25, -0.2) is 0 Å². The quantitative estimate of drug-likeness (QED) is 0.687. The van der Waals surface area contributed by atoms with Crippen molar-refractivity contribution in [3.05, 3.63) is 30.3 Å². The number of nitrogens with zero attached hydrogens (tertiary/aromatic N) is 3. The smallest absolute Gasteiger partial charge is 0.227 e. The monoisotopic (exact) mass is 304 g/mol. The predicted molar refractivity (Wildman–Crippen MR) is 90.1 cm³/mol. The Morgan fingerprint density at radius 2 is 2.14 bits per heavy atom. The summed E-state index contributed by atoms with van der Waals surface area (Å²) in [5, 5.41) is 5.09. The summed E-state index contributed by atoms with van der Waals surface area (Å²) in [5.74, 6) is 0.102. The molecule has 0 bridgehead atoms. The molecule has 0 spiro atoms. The van der Waals surface area contributed by atoms with E-state index in [1.165, 1.54) is 0 Å². The molecule has 0 radical (unpaired) electrons. The second kappa shape index (κ2) is 7.26. The fourth-order valence-electron chi connectivity index (χ4n) is 1.87. The minimum Gasteiger partial charge on any atom is -0.315 e. The van der Waals surface area contributed by atoms with Gasteiger partial charge in [0, 0.05) is 30.1 Å². The Hall–Kier alpha value is -1.82. The van der Waals surface area contributed by atoms with Crippen LogP contribution in [0.2, 0.25) is 0 Å². The van der Waals surface area contributed by atoms with Gasteiger partial charge in [-0.2, -0.15) is 5.10 Å². The Kier molecular flexibility index (Phi) is 5.38. The van der Waals surface area contributed by atoms with Gasteiger partial charge in [0.2, 0.25) is 5.91 Å². The van der Waals surface area contributed by atoms with Crippen molar-refractivity contribution in [2.75, 3.05) is 18.5 Å². The van der Waals surface area contributed by atoms with E-state index in [4.69, 9.17) is 0 Å². The minimum absolute atomic E-state index is 0.102. The highest BCUT2D eigenvalue weighted by Gasteiger charge is 2.24. The van der Waals surface area contributed by atoms with Crippen molar-refractivity contribution in [3.63, 3.8) is 0 Å². The third-order valence-electron chi connectivity index (χ3n) is 3.01. The summed E-state index contributed by atoms with van der Waals surface area (Å²) in [6, 6.07) is 9.67. The molecule has 2 rings (SSSR count). The molecule has 0 aliphatic carbocycles. The SMILES string of the molecule is CC(C)=NNC1=NCC(CC(=O)N(C)c2ccccc2)S1. The van der Waals surface area contributed by atoms with E-state index in [0.29, 0.717) is 13.0 Å². The van der Waals surface area contributed by atoms with Gasteiger partial charge in [-0.1, -0.05) is 30.0 Å². The van der Waals surface area contributed by atoms with E-state index in [1.54, 1.807) is 16.7 Å². The maximum atomic E-state index is 12.3. The summed E-state index contributed by atoms with van der Waals surface area (Å²) in [6.45, 7) is 4.49. The maximum Gasteiger partial charge on any atom is 0.227 e. The van der Waals surface area contributed by atoms with Crippen molar-refractivity contribution < 1.29 is 4.79 Å². The summed E-state index contributed by atoms with van der Waals surface area (Å²) in [4.78, 5) is 18.3. The molecule has 1 aromatic carbocycles. The number of amidine groups is 1. The molecule has 112 valence electrons. The van der Waals surface area contributed by atoms with E-state index in [2.05, 4.69) is 15.5 Å². The van der Waals surface area contributed by atoms with Crippen LogP contribution in [0.1, 0.15) is 20.3 Å². The highest BCUT2D eigenvalue weighted by Crippen LogP contribution is 2.24. The molecule has 6 heteroatoms. The van der Waals surface area contributed by atoms with Gasteiger partial charge in [0.15, 0.2) is 5.17 Å². The van der Waals surface area contributed by atoms with Gasteiger partial charge in [0.05, 0.1) is 6.54 Å². The van der Waals surface area contributed by atoms with Crippen LogP contribution >= 0.6 is 11.8 Å². The van der Waals surface area contributed by atoms with Crippen molar-refractivity contribution in [1.82, 2.24) is 5.43 Å². The van der Waals surface area contributed by atoms with E-state index in [9.17, 15) is 4.79 Å². The lowest BCUT2D eigenvalue weighted by molar-refractivity contribution is -0.118. The van der Waals surface area contributed by atoms with Crippen LogP contribution in [0.25, 0.3) is 0 Å². The number of anilines is 1. The molecule has 1 N–H and O–H groups in total. The molecule has 1 aliphatic heterocycles. The summed E-state index contributed by atoms with van der Waals surface area (Å²) in [7, 11) is 1.81. The lowest BCUT2D eigenvalue weighted by atomic mass is 10.2. The molecule has 0 saturated heterocycles. The van der Waals surface area contributed by atoms with Crippen molar-refractivity contribution in [3.8, 4) is 0 Å². The van der Waals surface area contributed by atoms with Gasteiger partial charge in [-0.3, -0.25) is 15.2 Å². The molecule has 1 aromatic rings. The van der Waals surface area contributed by atoms with Crippen LogP contribution in [0, 0.1) is 0 Å². The first kappa shape index (κ1) is 15.6. The highest BCUT2D eigenvalue weighted by molar-refractivity contribution is 8.14. The second-order valence-corrected chi connectivity index (χ2v) is 6.34. The van der Waals surface area contributed by atoms with Gasteiger partial charge in [-0.05, 0) is 26.0 Å². The number of amides is 1. The van der Waals surface area contributed by atoms with Crippen LogP contribution in [0.15, 0.2) is 40.4 Å². The maximum absolute atomic E-state index is 12.3. The number of carbonyl (C=O) groups is 1. The van der Waals surface area contributed by atoms with Crippen LogP contribution in [0.3, 0.4) is 0 Å². The zero-order chi connectivity index (χ0) is 15.2. The van der Waals surface area contributed by atoms with Crippen LogP contribution in [0.5, 0.6) is 0 Å². The third-order valence-corrected chi connectivity index (χ3v) is 4.10. The Bertz CT molecular complexity index is 552. The molecule has 0 saturated carbocycles. The Morgan fingerprint density at radius 3 is 2.81 bits per heavy atom. The topological polar surface area (TPSA) is 57.1 Å². The van der Waals surface area contributed by atoms with Crippen molar-refractivity contribution in [2.24, 2.45) is 10.1 Å². The molecule has 1 heterocycles. The standard InChI is InChI=1S/C15H20N4OS/c1-11(2)17-18-15-16-10-13(21-15)9-14(20)19(3)12-7-5-4-6-8-12/h4-8,13H,9-10H2,1-3H3,(H,16,18). The van der Waals surface area contributed by atoms with E-state index >= 15 is 0 Å². The second-order valence-electron chi connectivity index (χ2n) is 5.05. The van der Waals surface area contributed by atoms with Gasteiger partial charge >= 0.3 is 0 Å². The number of benzene rings is 1. The van der Waals surface area contributed by atoms with Crippen LogP contribution in [-0.2, 0) is 4.79 Å². The molecule has 5 nitrogen and oxygen atoms in total. The first-order chi connectivity index (χ1) is 10.1. The largest absolute Gasteiger partial charge is 0.315 e. The predicted octanol–water partition coefficient (Wildman–Crippen LogP) is 2.50. The molecule has 1 aliphatic rings. The van der Waals surface area contributed by atoms with E-state index in [0.717, 1.165) is 16.6 Å². The number of aliphatic imine (C=N–C) groups is 1. The Morgan fingerprint density at radius 1 is 1.43 bits per heavy atom. The van der Waals surface area contributed by atoms with Gasteiger partial charge in [0.25, 0.3) is 0 Å². The zero-order valence-electron chi connectivity index (χ0n) is 12.5. The fraction of sp³-hybridized carbons (Fsp3) is 0.400. The number of hydrogen-bond donors (Lipinski definition) is 1. The Labute approximate surface area is 129 Å². The average Bonchev–Trinajstić information content (AvgIpc) is 2.92. The Balaban J connectivity index is 1.84. The highest BCUT2D eigenvalue weighted by atomic mass is 32.2. The van der Waals surface area contributed by atoms with Crippen LogP contribution in [-0.4, -0.2) is 35.6 Å². The fourth-order valence-corrected chi connectivity index (χ4v) is 2.81. The average molecular weight is 304 g/mol.